The maximum Gasteiger partial charge on any atom is 0.343 e. The lowest BCUT2D eigenvalue weighted by Crippen LogP contribution is -2.18. The molecule has 0 heterocycles. The molecule has 7 heteroatoms. The van der Waals surface area contributed by atoms with Crippen molar-refractivity contribution >= 4 is 24.6 Å². The quantitative estimate of drug-likeness (QED) is 0.153. The van der Waals surface area contributed by atoms with Crippen LogP contribution in [0.4, 0.5) is 0 Å². The van der Waals surface area contributed by atoms with Gasteiger partial charge in [0.25, 0.3) is 0 Å². The highest BCUT2D eigenvalue weighted by Gasteiger charge is 2.26. The number of hydrogen-bond acceptors (Lipinski definition) is 6. The summed E-state index contributed by atoms with van der Waals surface area (Å²) in [5.74, 6) is -1.60. The fourth-order valence-electron chi connectivity index (χ4n) is 3.47. The van der Waals surface area contributed by atoms with Gasteiger partial charge in [0.2, 0.25) is 0 Å². The van der Waals surface area contributed by atoms with E-state index in [9.17, 15) is 19.8 Å². The molecule has 0 aliphatic carbocycles. The molecule has 1 unspecified atom stereocenters. The van der Waals surface area contributed by atoms with Crippen molar-refractivity contribution in [1.29, 1.82) is 0 Å². The number of hydrogen-bond donors (Lipinski definition) is 3. The highest BCUT2D eigenvalue weighted by molar-refractivity contribution is 7.85. The van der Waals surface area contributed by atoms with Gasteiger partial charge in [0, 0.05) is 6.61 Å². The molecule has 0 fully saturated rings. The van der Waals surface area contributed by atoms with Crippen molar-refractivity contribution in [1.82, 2.24) is 0 Å². The van der Waals surface area contributed by atoms with Crippen molar-refractivity contribution < 1.29 is 29.3 Å². The molecule has 1 atom stereocenters. The zero-order valence-corrected chi connectivity index (χ0v) is 21.8. The number of carboxylic acids is 1. The minimum absolute atomic E-state index is 0.0495. The molecule has 1 rings (SSSR count). The largest absolute Gasteiger partial charge is 0.507 e. The Hall–Kier alpha value is -1.99. The van der Waals surface area contributed by atoms with Crippen molar-refractivity contribution in [2.24, 2.45) is 5.92 Å². The van der Waals surface area contributed by atoms with Gasteiger partial charge in [0.15, 0.2) is 0 Å². The number of aliphatic carboxylic acids is 1. The van der Waals surface area contributed by atoms with Crippen molar-refractivity contribution in [3.63, 3.8) is 0 Å². The number of ether oxygens (including phenoxy) is 2. The third-order valence-corrected chi connectivity index (χ3v) is 5.61. The van der Waals surface area contributed by atoms with Crippen LogP contribution in [0, 0.1) is 5.92 Å². The van der Waals surface area contributed by atoms with E-state index in [4.69, 9.17) is 9.47 Å². The van der Waals surface area contributed by atoms with Crippen molar-refractivity contribution in [3.05, 3.63) is 40.3 Å². The van der Waals surface area contributed by atoms with E-state index >= 15 is 0 Å². The molecule has 0 aliphatic heterocycles. The van der Waals surface area contributed by atoms with Gasteiger partial charge in [-0.15, -0.1) is 12.6 Å². The average molecular weight is 481 g/mol. The van der Waals surface area contributed by atoms with E-state index in [-0.39, 0.29) is 22.3 Å². The van der Waals surface area contributed by atoms with Crippen LogP contribution in [0.2, 0.25) is 0 Å². The Morgan fingerprint density at radius 2 is 1.55 bits per heavy atom. The Balaban J connectivity index is 2.64. The van der Waals surface area contributed by atoms with E-state index in [1.807, 2.05) is 12.1 Å². The predicted molar refractivity (Wildman–Crippen MR) is 134 cm³/mol. The molecule has 0 saturated carbocycles. The number of phenolic OH excluding ortho intramolecular Hbond substituents is 1. The fourth-order valence-corrected chi connectivity index (χ4v) is 3.53. The number of carbonyl (C=O) groups is 2. The number of carboxylic acid groups (broad SMARTS) is 1. The predicted octanol–water partition coefficient (Wildman–Crippen LogP) is 5.75. The summed E-state index contributed by atoms with van der Waals surface area (Å²) in [7, 11) is 0. The van der Waals surface area contributed by atoms with Gasteiger partial charge in [-0.25, -0.2) is 4.79 Å². The summed E-state index contributed by atoms with van der Waals surface area (Å²) in [4.78, 5) is 22.9. The van der Waals surface area contributed by atoms with Gasteiger partial charge in [0.1, 0.15) is 5.75 Å². The van der Waals surface area contributed by atoms with E-state index in [2.05, 4.69) is 60.8 Å². The summed E-state index contributed by atoms with van der Waals surface area (Å²) in [6, 6.07) is 3.94. The molecule has 0 radical (unpaired) electrons. The number of aromatic hydroxyl groups is 1. The Morgan fingerprint density at radius 1 is 1.00 bits per heavy atom. The summed E-state index contributed by atoms with van der Waals surface area (Å²) < 4.78 is 10.8. The number of phenols is 1. The van der Waals surface area contributed by atoms with Crippen LogP contribution in [0.3, 0.4) is 0 Å². The summed E-state index contributed by atoms with van der Waals surface area (Å²) in [6.07, 6.45) is 2.10. The number of unbranched alkanes of at least 4 members (excludes halogenated alkanes) is 1. The number of benzene rings is 1. The van der Waals surface area contributed by atoms with Crippen molar-refractivity contribution in [2.45, 2.75) is 84.7 Å². The fraction of sp³-hybridized carbons (Fsp3) is 0.615. The second-order valence-electron chi connectivity index (χ2n) is 10.5. The Labute approximate surface area is 203 Å². The smallest absolute Gasteiger partial charge is 0.343 e. The Bertz CT molecular complexity index is 797. The first kappa shape index (κ1) is 29.0. The number of thiol groups is 1. The first-order valence-electron chi connectivity index (χ1n) is 11.4. The van der Waals surface area contributed by atoms with Crippen LogP contribution in [0.1, 0.15) is 83.9 Å². The van der Waals surface area contributed by atoms with Gasteiger partial charge in [-0.1, -0.05) is 48.1 Å². The van der Waals surface area contributed by atoms with E-state index in [1.54, 1.807) is 0 Å². The van der Waals surface area contributed by atoms with Crippen LogP contribution >= 0.6 is 12.6 Å². The SMILES string of the molecule is C=C(S)C(=O)OCCCCC(CCOCc1cc(C(C)(C)C)c(O)c(C(C)(C)C)c1)C(=O)O. The van der Waals surface area contributed by atoms with Crippen LogP contribution in [0.25, 0.3) is 0 Å². The lowest BCUT2D eigenvalue weighted by atomic mass is 9.78. The van der Waals surface area contributed by atoms with E-state index in [0.717, 1.165) is 16.7 Å². The van der Waals surface area contributed by atoms with Gasteiger partial charge in [-0.3, -0.25) is 4.79 Å². The molecule has 2 N–H and O–H groups in total. The van der Waals surface area contributed by atoms with Crippen LogP contribution in [0.15, 0.2) is 23.6 Å². The molecule has 0 spiro atoms. The summed E-state index contributed by atoms with van der Waals surface area (Å²) in [6.45, 7) is 16.7. The van der Waals surface area contributed by atoms with Crippen molar-refractivity contribution in [2.75, 3.05) is 13.2 Å². The normalized spacial score (nSPS) is 12.9. The second kappa shape index (κ2) is 12.5. The maximum absolute atomic E-state index is 11.6. The van der Waals surface area contributed by atoms with Crippen molar-refractivity contribution in [3.8, 4) is 5.75 Å². The average Bonchev–Trinajstić information content (AvgIpc) is 2.67. The molecule has 0 saturated heterocycles. The summed E-state index contributed by atoms with van der Waals surface area (Å²) >= 11 is 3.82. The minimum atomic E-state index is -0.853. The number of esters is 1. The Kier molecular flexibility index (Phi) is 11.0. The molecule has 0 amide bonds. The second-order valence-corrected chi connectivity index (χ2v) is 11.0. The summed E-state index contributed by atoms with van der Waals surface area (Å²) in [5.41, 5.74) is 2.27. The zero-order valence-electron chi connectivity index (χ0n) is 20.9. The van der Waals surface area contributed by atoms with E-state index in [0.29, 0.717) is 44.6 Å². The molecule has 0 aromatic heterocycles. The molecule has 0 aliphatic rings. The third-order valence-electron chi connectivity index (χ3n) is 5.43. The van der Waals surface area contributed by atoms with Gasteiger partial charge >= 0.3 is 11.9 Å². The molecule has 33 heavy (non-hydrogen) atoms. The lowest BCUT2D eigenvalue weighted by Gasteiger charge is -2.28. The topological polar surface area (TPSA) is 93.1 Å². The van der Waals surface area contributed by atoms with Crippen LogP contribution < -0.4 is 0 Å². The molecule has 186 valence electrons. The van der Waals surface area contributed by atoms with Gasteiger partial charge in [-0.05, 0) is 65.3 Å². The lowest BCUT2D eigenvalue weighted by molar-refractivity contribution is -0.143. The monoisotopic (exact) mass is 480 g/mol. The molecular formula is C26H40O6S. The van der Waals surface area contributed by atoms with Crippen LogP contribution in [-0.4, -0.2) is 35.4 Å². The molecular weight excluding hydrogens is 440 g/mol. The standard InChI is InChI=1S/C26H40O6S/c1-17(33)24(30)32-12-9-8-10-19(23(28)29)11-13-31-16-18-14-20(25(2,3)4)22(27)21(15-18)26(5,6)7/h14-15,19,27,33H,1,8-13,16H2,2-7H3,(H,28,29). The molecule has 1 aromatic carbocycles. The molecule has 6 nitrogen and oxygen atoms in total. The maximum atomic E-state index is 11.6. The highest BCUT2D eigenvalue weighted by atomic mass is 32.1. The minimum Gasteiger partial charge on any atom is -0.507 e. The van der Waals surface area contributed by atoms with Gasteiger partial charge < -0.3 is 19.7 Å². The van der Waals surface area contributed by atoms with Gasteiger partial charge in [-0.2, -0.15) is 0 Å². The zero-order chi connectivity index (χ0) is 25.4. The number of rotatable bonds is 12. The third kappa shape index (κ3) is 9.80. The summed E-state index contributed by atoms with van der Waals surface area (Å²) in [5, 5.41) is 20.3. The molecule has 0 bridgehead atoms. The molecule has 1 aromatic rings. The Morgan fingerprint density at radius 3 is 2.00 bits per heavy atom. The van der Waals surface area contributed by atoms with E-state index < -0.39 is 17.9 Å². The first-order valence-corrected chi connectivity index (χ1v) is 11.8. The number of carbonyl (C=O) groups excluding carboxylic acids is 1. The van der Waals surface area contributed by atoms with Crippen LogP contribution in [-0.2, 0) is 36.5 Å². The van der Waals surface area contributed by atoms with Gasteiger partial charge in [0.05, 0.1) is 24.0 Å². The first-order chi connectivity index (χ1) is 15.1. The van der Waals surface area contributed by atoms with Crippen LogP contribution in [0.5, 0.6) is 5.75 Å². The van der Waals surface area contributed by atoms with E-state index in [1.165, 1.54) is 0 Å². The highest BCUT2D eigenvalue weighted by Crippen LogP contribution is 2.39.